The molecule has 4 fully saturated rings. The second-order valence-corrected chi connectivity index (χ2v) is 13.9. The van der Waals surface area contributed by atoms with Crippen molar-refractivity contribution in [1.82, 2.24) is 15.0 Å². The van der Waals surface area contributed by atoms with Crippen LogP contribution < -0.4 is 0 Å². The molecule has 0 N–H and O–H groups in total. The van der Waals surface area contributed by atoms with Gasteiger partial charge in [-0.2, -0.15) is 5.26 Å². The van der Waals surface area contributed by atoms with E-state index in [1.54, 1.807) is 0 Å². The minimum absolute atomic E-state index is 0.372. The fourth-order valence-corrected chi connectivity index (χ4v) is 9.19. The molecule has 1 heterocycles. The molecule has 0 saturated heterocycles. The van der Waals surface area contributed by atoms with Gasteiger partial charge in [-0.25, -0.2) is 15.0 Å². The quantitative estimate of drug-likeness (QED) is 0.199. The Morgan fingerprint density at radius 1 is 0.543 bits per heavy atom. The molecular formula is C42H34N4. The molecule has 222 valence electrons. The second kappa shape index (κ2) is 10.7. The SMILES string of the molecule is N#Cc1ccc2c(-c3ccc(-c4nc(-c5ccccc5)nc(-c5ccc(C67CC8C[C@H](C6)C[C@@H](C8)C7)cc5)n4)cc3)cccc2c1. The Morgan fingerprint density at radius 3 is 1.67 bits per heavy atom. The fourth-order valence-electron chi connectivity index (χ4n) is 9.19. The van der Waals surface area contributed by atoms with Crippen molar-refractivity contribution in [3.05, 3.63) is 126 Å². The lowest BCUT2D eigenvalue weighted by Crippen LogP contribution is -2.48. The van der Waals surface area contributed by atoms with Crippen molar-refractivity contribution in [2.24, 2.45) is 17.8 Å². The molecule has 4 nitrogen and oxygen atoms in total. The summed E-state index contributed by atoms with van der Waals surface area (Å²) in [7, 11) is 0. The third kappa shape index (κ3) is 4.70. The summed E-state index contributed by atoms with van der Waals surface area (Å²) in [5.41, 5.74) is 7.74. The lowest BCUT2D eigenvalue weighted by Gasteiger charge is -2.57. The Labute approximate surface area is 269 Å². The van der Waals surface area contributed by atoms with Crippen molar-refractivity contribution in [2.45, 2.75) is 43.9 Å². The van der Waals surface area contributed by atoms with Crippen molar-refractivity contribution in [1.29, 1.82) is 5.26 Å². The Balaban J connectivity index is 1.08. The number of hydrogen-bond donors (Lipinski definition) is 0. The number of aromatic nitrogens is 3. The molecule has 0 radical (unpaired) electrons. The number of hydrogen-bond acceptors (Lipinski definition) is 4. The number of fused-ring (bicyclic) bond motifs is 1. The van der Waals surface area contributed by atoms with Gasteiger partial charge in [-0.15, -0.1) is 0 Å². The third-order valence-corrected chi connectivity index (χ3v) is 10.9. The van der Waals surface area contributed by atoms with E-state index in [1.165, 1.54) is 44.1 Å². The predicted octanol–water partition coefficient (Wildman–Crippen LogP) is 10.0. The summed E-state index contributed by atoms with van der Waals surface area (Å²) in [5.74, 6) is 4.82. The summed E-state index contributed by atoms with van der Waals surface area (Å²) in [4.78, 5) is 15.0. The molecular weight excluding hydrogens is 560 g/mol. The lowest BCUT2D eigenvalue weighted by atomic mass is 9.48. The lowest BCUT2D eigenvalue weighted by molar-refractivity contribution is -0.00518. The molecule has 0 atom stereocenters. The highest BCUT2D eigenvalue weighted by atomic mass is 15.0. The average Bonchev–Trinajstić information content (AvgIpc) is 3.11. The van der Waals surface area contributed by atoms with Crippen molar-refractivity contribution >= 4 is 10.8 Å². The molecule has 4 saturated carbocycles. The highest BCUT2D eigenvalue weighted by molar-refractivity contribution is 5.97. The maximum absolute atomic E-state index is 9.35. The highest BCUT2D eigenvalue weighted by Gasteiger charge is 2.51. The zero-order chi connectivity index (χ0) is 30.7. The molecule has 1 aromatic heterocycles. The van der Waals surface area contributed by atoms with Crippen LogP contribution in [0.3, 0.4) is 0 Å². The van der Waals surface area contributed by atoms with Crippen LogP contribution in [0, 0.1) is 29.1 Å². The average molecular weight is 595 g/mol. The predicted molar refractivity (Wildman–Crippen MR) is 184 cm³/mol. The highest BCUT2D eigenvalue weighted by Crippen LogP contribution is 2.60. The van der Waals surface area contributed by atoms with E-state index in [0.717, 1.165) is 56.3 Å². The standard InChI is InChI=1S/C42H34N4/c43-26-27-9-18-38-35(22-27)7-4-8-37(38)31-10-12-33(13-11-31)40-44-39(32-5-2-1-3-6-32)45-41(46-40)34-14-16-36(17-15-34)42-23-28-19-29(24-42)21-30(20-28)25-42/h1-18,22,28-30H,19-21,23-25H2/t28-,29+,30?,42?. The molecule has 10 rings (SSSR count). The summed E-state index contributed by atoms with van der Waals surface area (Å²) >= 11 is 0. The minimum Gasteiger partial charge on any atom is -0.208 e. The van der Waals surface area contributed by atoms with Crippen LogP contribution in [0.25, 0.3) is 56.1 Å². The van der Waals surface area contributed by atoms with Crippen molar-refractivity contribution in [3.63, 3.8) is 0 Å². The number of rotatable bonds is 5. The molecule has 0 aliphatic heterocycles. The van der Waals surface area contributed by atoms with E-state index in [-0.39, 0.29) is 0 Å². The zero-order valence-electron chi connectivity index (χ0n) is 25.7. The first-order chi connectivity index (χ1) is 22.6. The van der Waals surface area contributed by atoms with Gasteiger partial charge in [-0.05, 0) is 101 Å². The summed E-state index contributed by atoms with van der Waals surface area (Å²) in [6.45, 7) is 0. The molecule has 4 aliphatic rings. The Kier molecular flexibility index (Phi) is 6.35. The molecule has 46 heavy (non-hydrogen) atoms. The van der Waals surface area contributed by atoms with E-state index in [4.69, 9.17) is 15.0 Å². The van der Waals surface area contributed by atoms with Gasteiger partial charge in [0.15, 0.2) is 17.5 Å². The summed E-state index contributed by atoms with van der Waals surface area (Å²) in [6.07, 6.45) is 8.46. The van der Waals surface area contributed by atoms with E-state index in [9.17, 15) is 5.26 Å². The summed E-state index contributed by atoms with van der Waals surface area (Å²) in [6, 6.07) is 42.2. The smallest absolute Gasteiger partial charge is 0.164 e. The fraction of sp³-hybridized carbons (Fsp3) is 0.238. The minimum atomic E-state index is 0.372. The van der Waals surface area contributed by atoms with Gasteiger partial charge in [0.2, 0.25) is 0 Å². The van der Waals surface area contributed by atoms with Gasteiger partial charge in [0, 0.05) is 16.7 Å². The Hall–Kier alpha value is -5.14. The number of benzene rings is 5. The first-order valence-electron chi connectivity index (χ1n) is 16.6. The van der Waals surface area contributed by atoms with Gasteiger partial charge >= 0.3 is 0 Å². The van der Waals surface area contributed by atoms with Crippen LogP contribution in [0.2, 0.25) is 0 Å². The van der Waals surface area contributed by atoms with Gasteiger partial charge in [0.25, 0.3) is 0 Å². The van der Waals surface area contributed by atoms with Crippen LogP contribution >= 0.6 is 0 Å². The Morgan fingerprint density at radius 2 is 1.09 bits per heavy atom. The van der Waals surface area contributed by atoms with E-state index in [2.05, 4.69) is 78.9 Å². The van der Waals surface area contributed by atoms with Crippen molar-refractivity contribution < 1.29 is 0 Å². The van der Waals surface area contributed by atoms with E-state index < -0.39 is 0 Å². The van der Waals surface area contributed by atoms with Crippen LogP contribution in [0.15, 0.2) is 115 Å². The molecule has 4 bridgehead atoms. The molecule has 4 heteroatoms. The van der Waals surface area contributed by atoms with Crippen molar-refractivity contribution in [3.8, 4) is 51.4 Å². The van der Waals surface area contributed by atoms with Crippen molar-refractivity contribution in [2.75, 3.05) is 0 Å². The van der Waals surface area contributed by atoms with Crippen LogP contribution in [0.1, 0.15) is 49.7 Å². The Bertz CT molecular complexity index is 2090. The van der Waals surface area contributed by atoms with Gasteiger partial charge in [-0.1, -0.05) is 103 Å². The van der Waals surface area contributed by atoms with Crippen LogP contribution in [0.5, 0.6) is 0 Å². The number of nitriles is 1. The first-order valence-corrected chi connectivity index (χ1v) is 16.6. The second-order valence-electron chi connectivity index (χ2n) is 13.9. The van der Waals surface area contributed by atoms with E-state index in [0.29, 0.717) is 28.5 Å². The van der Waals surface area contributed by atoms with Gasteiger partial charge in [-0.3, -0.25) is 0 Å². The largest absolute Gasteiger partial charge is 0.208 e. The van der Waals surface area contributed by atoms with E-state index in [1.807, 2.05) is 42.5 Å². The van der Waals surface area contributed by atoms with Crippen LogP contribution in [-0.2, 0) is 5.41 Å². The van der Waals surface area contributed by atoms with Gasteiger partial charge in [0.1, 0.15) is 0 Å². The molecule has 0 amide bonds. The number of nitrogens with zero attached hydrogens (tertiary/aromatic N) is 4. The summed E-state index contributed by atoms with van der Waals surface area (Å²) in [5, 5.41) is 11.5. The van der Waals surface area contributed by atoms with Crippen LogP contribution in [0.4, 0.5) is 0 Å². The first kappa shape index (κ1) is 27.2. The van der Waals surface area contributed by atoms with Gasteiger partial charge < -0.3 is 0 Å². The third-order valence-electron chi connectivity index (χ3n) is 10.9. The molecule has 6 aromatic rings. The maximum Gasteiger partial charge on any atom is 0.164 e. The summed E-state index contributed by atoms with van der Waals surface area (Å²) < 4.78 is 0. The topological polar surface area (TPSA) is 62.5 Å². The molecule has 5 aromatic carbocycles. The van der Waals surface area contributed by atoms with Crippen LogP contribution in [-0.4, -0.2) is 15.0 Å². The molecule has 0 unspecified atom stereocenters. The molecule has 0 spiro atoms. The molecule has 4 aliphatic carbocycles. The zero-order valence-corrected chi connectivity index (χ0v) is 25.7. The monoisotopic (exact) mass is 594 g/mol. The van der Waals surface area contributed by atoms with E-state index >= 15 is 0 Å². The maximum atomic E-state index is 9.35. The van der Waals surface area contributed by atoms with Gasteiger partial charge in [0.05, 0.1) is 11.6 Å². The normalized spacial score (nSPS) is 23.0.